The molecule has 0 aromatic heterocycles. The molecule has 1 aliphatic carbocycles. The van der Waals surface area contributed by atoms with E-state index in [1.54, 1.807) is 0 Å². The van der Waals surface area contributed by atoms with Crippen molar-refractivity contribution in [2.75, 3.05) is 6.54 Å². The Hall–Kier alpha value is -0.550. The predicted molar refractivity (Wildman–Crippen MR) is 68.1 cm³/mol. The second-order valence-corrected chi connectivity index (χ2v) is 5.89. The van der Waals surface area contributed by atoms with Gasteiger partial charge in [0.1, 0.15) is 0 Å². The molecule has 0 heterocycles. The van der Waals surface area contributed by atoms with Crippen LogP contribution in [0.2, 0.25) is 0 Å². The van der Waals surface area contributed by atoms with E-state index < -0.39 is 0 Å². The summed E-state index contributed by atoms with van der Waals surface area (Å²) in [5.74, 6) is 0.893. The van der Waals surface area contributed by atoms with Gasteiger partial charge in [0.15, 0.2) is 0 Å². The summed E-state index contributed by atoms with van der Waals surface area (Å²) in [5, 5.41) is 12.5. The molecule has 1 atom stereocenters. The van der Waals surface area contributed by atoms with Crippen LogP contribution in [0.3, 0.4) is 0 Å². The summed E-state index contributed by atoms with van der Waals surface area (Å²) < 4.78 is 0. The summed E-state index contributed by atoms with van der Waals surface area (Å²) >= 11 is 0. The molecule has 0 aliphatic heterocycles. The highest BCUT2D eigenvalue weighted by atomic mass is 14.9. The average Bonchev–Trinajstić information content (AvgIpc) is 2.77. The van der Waals surface area contributed by atoms with Crippen LogP contribution >= 0.6 is 0 Å². The lowest BCUT2D eigenvalue weighted by atomic mass is 9.90. The quantitative estimate of drug-likeness (QED) is 0.698. The first-order valence-corrected chi connectivity index (χ1v) is 6.70. The van der Waals surface area contributed by atoms with Crippen molar-refractivity contribution in [1.82, 2.24) is 5.32 Å². The number of rotatable bonds is 6. The van der Waals surface area contributed by atoms with Crippen LogP contribution in [0.15, 0.2) is 0 Å². The van der Waals surface area contributed by atoms with E-state index in [4.69, 9.17) is 5.26 Å². The molecule has 0 unspecified atom stereocenters. The molecule has 1 N–H and O–H groups in total. The summed E-state index contributed by atoms with van der Waals surface area (Å²) in [4.78, 5) is 0. The van der Waals surface area contributed by atoms with Crippen LogP contribution in [0.5, 0.6) is 0 Å². The minimum Gasteiger partial charge on any atom is -0.314 e. The monoisotopic (exact) mass is 222 g/mol. The number of hydrogen-bond acceptors (Lipinski definition) is 2. The van der Waals surface area contributed by atoms with E-state index in [1.165, 1.54) is 25.7 Å². The molecule has 0 bridgehead atoms. The van der Waals surface area contributed by atoms with Crippen LogP contribution in [-0.2, 0) is 0 Å². The van der Waals surface area contributed by atoms with Crippen LogP contribution in [0, 0.1) is 22.7 Å². The van der Waals surface area contributed by atoms with E-state index in [0.717, 1.165) is 25.3 Å². The number of nitrogens with zero attached hydrogens (tertiary/aromatic N) is 1. The maximum absolute atomic E-state index is 8.90. The van der Waals surface area contributed by atoms with Crippen molar-refractivity contribution in [2.24, 2.45) is 11.3 Å². The average molecular weight is 222 g/mol. The minimum atomic E-state index is -0.154. The van der Waals surface area contributed by atoms with Gasteiger partial charge in [-0.1, -0.05) is 12.8 Å². The Morgan fingerprint density at radius 3 is 2.56 bits per heavy atom. The topological polar surface area (TPSA) is 35.8 Å². The summed E-state index contributed by atoms with van der Waals surface area (Å²) in [5.41, 5.74) is -0.154. The second-order valence-electron chi connectivity index (χ2n) is 5.89. The Bertz CT molecular complexity index is 234. The first-order chi connectivity index (χ1) is 7.55. The standard InChI is InChI=1S/C14H26N2/c1-12(13-7-4-5-8-13)16-10-6-9-14(2,3)11-15/h12-13,16H,4-10H2,1-3H3/t12-/m1/s1. The normalized spacial score (nSPS) is 19.6. The van der Waals surface area contributed by atoms with Crippen molar-refractivity contribution in [3.63, 3.8) is 0 Å². The Labute approximate surface area is 100 Å². The van der Waals surface area contributed by atoms with Crippen molar-refractivity contribution < 1.29 is 0 Å². The molecule has 16 heavy (non-hydrogen) atoms. The van der Waals surface area contributed by atoms with Crippen molar-refractivity contribution in [3.8, 4) is 6.07 Å². The number of hydrogen-bond donors (Lipinski definition) is 1. The van der Waals surface area contributed by atoms with Gasteiger partial charge in [-0.2, -0.15) is 5.26 Å². The molecule has 1 rings (SSSR count). The largest absolute Gasteiger partial charge is 0.314 e. The van der Waals surface area contributed by atoms with Gasteiger partial charge < -0.3 is 5.32 Å². The number of nitriles is 1. The van der Waals surface area contributed by atoms with Crippen LogP contribution in [0.1, 0.15) is 59.3 Å². The lowest BCUT2D eigenvalue weighted by Crippen LogP contribution is -2.33. The first-order valence-electron chi connectivity index (χ1n) is 6.70. The maximum Gasteiger partial charge on any atom is 0.0683 e. The van der Waals surface area contributed by atoms with E-state index in [2.05, 4.69) is 18.3 Å². The fourth-order valence-corrected chi connectivity index (χ4v) is 2.54. The molecule has 0 saturated heterocycles. The van der Waals surface area contributed by atoms with E-state index in [-0.39, 0.29) is 5.41 Å². The zero-order chi connectivity index (χ0) is 12.0. The Morgan fingerprint density at radius 1 is 1.38 bits per heavy atom. The van der Waals surface area contributed by atoms with Gasteiger partial charge in [-0.3, -0.25) is 0 Å². The fourth-order valence-electron chi connectivity index (χ4n) is 2.54. The maximum atomic E-state index is 8.90. The zero-order valence-corrected chi connectivity index (χ0v) is 11.1. The number of nitrogens with one attached hydrogen (secondary N) is 1. The molecule has 1 fully saturated rings. The summed E-state index contributed by atoms with van der Waals surface area (Å²) in [6.07, 6.45) is 7.73. The van der Waals surface area contributed by atoms with Gasteiger partial charge in [-0.05, 0) is 58.9 Å². The summed E-state index contributed by atoms with van der Waals surface area (Å²) in [7, 11) is 0. The van der Waals surface area contributed by atoms with Gasteiger partial charge in [-0.15, -0.1) is 0 Å². The molecule has 0 aromatic carbocycles. The van der Waals surface area contributed by atoms with Crippen LogP contribution < -0.4 is 5.32 Å². The Morgan fingerprint density at radius 2 is 2.00 bits per heavy atom. The third kappa shape index (κ3) is 4.53. The van der Waals surface area contributed by atoms with Crippen molar-refractivity contribution >= 4 is 0 Å². The summed E-state index contributed by atoms with van der Waals surface area (Å²) in [6.45, 7) is 7.41. The van der Waals surface area contributed by atoms with E-state index in [1.807, 2.05) is 13.8 Å². The molecular weight excluding hydrogens is 196 g/mol. The van der Waals surface area contributed by atoms with Crippen LogP contribution in [0.25, 0.3) is 0 Å². The first kappa shape index (κ1) is 13.5. The predicted octanol–water partition coefficient (Wildman–Crippen LogP) is 3.48. The van der Waals surface area contributed by atoms with Crippen molar-refractivity contribution in [2.45, 2.75) is 65.3 Å². The lowest BCUT2D eigenvalue weighted by Gasteiger charge is -2.21. The molecule has 1 aliphatic rings. The van der Waals surface area contributed by atoms with Crippen molar-refractivity contribution in [3.05, 3.63) is 0 Å². The molecule has 2 heteroatoms. The highest BCUT2D eigenvalue weighted by Gasteiger charge is 2.21. The molecule has 0 radical (unpaired) electrons. The SMILES string of the molecule is C[C@@H](NCCCC(C)(C)C#N)C1CCCC1. The Balaban J connectivity index is 2.09. The van der Waals surface area contributed by atoms with E-state index >= 15 is 0 Å². The molecule has 92 valence electrons. The van der Waals surface area contributed by atoms with E-state index in [9.17, 15) is 0 Å². The van der Waals surface area contributed by atoms with Gasteiger partial charge in [-0.25, -0.2) is 0 Å². The van der Waals surface area contributed by atoms with Gasteiger partial charge >= 0.3 is 0 Å². The minimum absolute atomic E-state index is 0.154. The van der Waals surface area contributed by atoms with Crippen molar-refractivity contribution in [1.29, 1.82) is 5.26 Å². The molecular formula is C14H26N2. The molecule has 0 aromatic rings. The molecule has 0 spiro atoms. The van der Waals surface area contributed by atoms with Crippen LogP contribution in [0.4, 0.5) is 0 Å². The highest BCUT2D eigenvalue weighted by Crippen LogP contribution is 2.27. The van der Waals surface area contributed by atoms with E-state index in [0.29, 0.717) is 6.04 Å². The third-order valence-corrected chi connectivity index (χ3v) is 3.85. The molecule has 2 nitrogen and oxygen atoms in total. The third-order valence-electron chi connectivity index (χ3n) is 3.85. The smallest absolute Gasteiger partial charge is 0.0683 e. The van der Waals surface area contributed by atoms with Gasteiger partial charge in [0.25, 0.3) is 0 Å². The van der Waals surface area contributed by atoms with Crippen LogP contribution in [-0.4, -0.2) is 12.6 Å². The summed E-state index contributed by atoms with van der Waals surface area (Å²) in [6, 6.07) is 3.02. The second kappa shape index (κ2) is 6.25. The highest BCUT2D eigenvalue weighted by molar-refractivity contribution is 4.91. The Kier molecular flexibility index (Phi) is 5.28. The fraction of sp³-hybridized carbons (Fsp3) is 0.929. The van der Waals surface area contributed by atoms with Gasteiger partial charge in [0.2, 0.25) is 0 Å². The molecule has 1 saturated carbocycles. The zero-order valence-electron chi connectivity index (χ0n) is 11.1. The van der Waals surface area contributed by atoms with Gasteiger partial charge in [0, 0.05) is 6.04 Å². The van der Waals surface area contributed by atoms with Gasteiger partial charge in [0.05, 0.1) is 11.5 Å². The molecule has 0 amide bonds. The lowest BCUT2D eigenvalue weighted by molar-refractivity contribution is 0.361.